The van der Waals surface area contributed by atoms with Crippen molar-refractivity contribution >= 4 is 39.5 Å². The quantitative estimate of drug-likeness (QED) is 0.0959. The van der Waals surface area contributed by atoms with E-state index in [1.165, 1.54) is 41.6 Å². The fraction of sp³-hybridized carbons (Fsp3) is 0.0870. The average molecular weight is 862 g/mol. The first-order valence-electron chi connectivity index (χ1n) is 18.0. The lowest BCUT2D eigenvalue weighted by Crippen LogP contribution is -2.04. The topological polar surface area (TPSA) is 35.6 Å². The van der Waals surface area contributed by atoms with Gasteiger partial charge in [0.1, 0.15) is 5.82 Å². The summed E-state index contributed by atoms with van der Waals surface area (Å²) in [5.74, 6) is 0.747. The molecule has 0 radical (unpaired) electrons. The third-order valence-corrected chi connectivity index (χ3v) is 12.0. The maximum Gasteiger partial charge on any atom is 0.416 e. The molecule has 0 saturated carbocycles. The van der Waals surface area contributed by atoms with Gasteiger partial charge in [-0.25, -0.2) is 14.4 Å². The highest BCUT2D eigenvalue weighted by Crippen LogP contribution is 2.37. The number of para-hydroxylation sites is 1. The highest BCUT2D eigenvalue weighted by molar-refractivity contribution is 9.10. The van der Waals surface area contributed by atoms with Gasteiger partial charge in [0.2, 0.25) is 0 Å². The summed E-state index contributed by atoms with van der Waals surface area (Å²) < 4.78 is 58.4. The Balaban J connectivity index is 1.06. The van der Waals surface area contributed by atoms with Gasteiger partial charge in [0.15, 0.2) is 10.3 Å². The van der Waals surface area contributed by atoms with Crippen molar-refractivity contribution < 1.29 is 17.6 Å². The summed E-state index contributed by atoms with van der Waals surface area (Å²) in [6.45, 7) is 2.09. The Bertz CT molecular complexity index is 2620. The van der Waals surface area contributed by atoms with E-state index < -0.39 is 11.7 Å². The molecule has 8 aromatic rings. The zero-order valence-electron chi connectivity index (χ0n) is 30.4. The number of hydrogen-bond donors (Lipinski definition) is 0. The van der Waals surface area contributed by atoms with Crippen LogP contribution in [0.5, 0.6) is 0 Å². The number of alkyl halides is 3. The smallest absolute Gasteiger partial charge is 0.294 e. The molecule has 0 aliphatic heterocycles. The predicted octanol–water partition coefficient (Wildman–Crippen LogP) is 13.9. The highest BCUT2D eigenvalue weighted by Gasteiger charge is 2.30. The monoisotopic (exact) mass is 860 g/mol. The Kier molecular flexibility index (Phi) is 11.2. The molecule has 0 atom stereocenters. The number of aromatic nitrogens is 4. The summed E-state index contributed by atoms with van der Waals surface area (Å²) in [7, 11) is 0. The lowest BCUT2D eigenvalue weighted by molar-refractivity contribution is -0.137. The van der Waals surface area contributed by atoms with Crippen molar-refractivity contribution in [2.75, 3.05) is 0 Å². The number of halogens is 5. The first-order chi connectivity index (χ1) is 27.6. The minimum absolute atomic E-state index is 0.352. The number of aryl methyl sites for hydroxylation is 1. The van der Waals surface area contributed by atoms with E-state index in [1.807, 2.05) is 59.4 Å². The molecule has 0 spiro atoms. The molecule has 11 heteroatoms. The molecule has 0 bridgehead atoms. The third kappa shape index (κ3) is 8.81. The van der Waals surface area contributed by atoms with Crippen molar-refractivity contribution in [3.8, 4) is 45.0 Å². The number of benzene rings is 6. The molecule has 0 aliphatic rings. The summed E-state index contributed by atoms with van der Waals surface area (Å²) in [5, 5.41) is 1.53. The average Bonchev–Trinajstić information content (AvgIpc) is 3.85. The number of rotatable bonds is 11. The summed E-state index contributed by atoms with van der Waals surface area (Å²) in [4.78, 5) is 9.84. The van der Waals surface area contributed by atoms with Crippen LogP contribution in [-0.4, -0.2) is 19.1 Å². The van der Waals surface area contributed by atoms with Gasteiger partial charge in [0.05, 0.1) is 23.1 Å². The van der Waals surface area contributed by atoms with Crippen LogP contribution in [0.4, 0.5) is 17.6 Å². The van der Waals surface area contributed by atoms with Crippen molar-refractivity contribution in [3.63, 3.8) is 0 Å². The maximum atomic E-state index is 13.9. The fourth-order valence-corrected chi connectivity index (χ4v) is 8.67. The van der Waals surface area contributed by atoms with Crippen LogP contribution in [0.25, 0.3) is 45.0 Å². The molecule has 0 unspecified atom stereocenters. The minimum atomic E-state index is -4.40. The van der Waals surface area contributed by atoms with Gasteiger partial charge in [0, 0.05) is 44.7 Å². The van der Waals surface area contributed by atoms with Gasteiger partial charge in [-0.05, 0) is 89.8 Å². The predicted molar refractivity (Wildman–Crippen MR) is 226 cm³/mol. The van der Waals surface area contributed by atoms with E-state index in [0.29, 0.717) is 16.7 Å². The molecule has 57 heavy (non-hydrogen) atoms. The number of imidazole rings is 2. The van der Waals surface area contributed by atoms with Crippen LogP contribution in [0.2, 0.25) is 0 Å². The second-order valence-electron chi connectivity index (χ2n) is 13.4. The Morgan fingerprint density at radius 3 is 2.04 bits per heavy atom. The molecule has 284 valence electrons. The number of thioether (sulfide) groups is 2. The zero-order chi connectivity index (χ0) is 39.5. The van der Waals surface area contributed by atoms with E-state index in [2.05, 4.69) is 82.0 Å². The van der Waals surface area contributed by atoms with Gasteiger partial charge in [-0.15, -0.1) is 0 Å². The molecule has 8 rings (SSSR count). The SMILES string of the molecule is Cc1ccc(CSc2ncc(-c3ccc(Br)cc3)n2-c2ccccc2)c(-c2ccc(-c3cn(-c4ccc(F)cc4)c(SCc4ccc(C(F)(F)F)cc4)n3)cc2)c1. The minimum Gasteiger partial charge on any atom is -0.294 e. The summed E-state index contributed by atoms with van der Waals surface area (Å²) in [5.41, 5.74) is 10.0. The van der Waals surface area contributed by atoms with Crippen LogP contribution < -0.4 is 0 Å². The zero-order valence-corrected chi connectivity index (χ0v) is 33.6. The number of hydrogen-bond acceptors (Lipinski definition) is 4. The van der Waals surface area contributed by atoms with Crippen LogP contribution in [-0.2, 0) is 17.7 Å². The van der Waals surface area contributed by atoms with Crippen LogP contribution in [0.3, 0.4) is 0 Å². The molecule has 2 heterocycles. The van der Waals surface area contributed by atoms with Gasteiger partial charge < -0.3 is 0 Å². The standard InChI is InChI=1S/C46H33BrF4N4S2/c1-30-7-10-35(29-57-44-52-26-43(34-15-19-37(47)20-16-34)55(44)40-5-3-2-4-6-40)41(25-30)32-11-13-33(14-12-32)42-27-54(39-23-21-38(48)22-24-39)45(53-42)56-28-31-8-17-36(18-9-31)46(49,50)51/h2-27H,28-29H2,1H3. The first-order valence-corrected chi connectivity index (χ1v) is 20.7. The molecule has 0 saturated heterocycles. The van der Waals surface area contributed by atoms with Crippen LogP contribution in [0.15, 0.2) is 173 Å². The molecule has 0 aliphatic carbocycles. The lowest BCUT2D eigenvalue weighted by Gasteiger charge is -2.14. The van der Waals surface area contributed by atoms with Crippen molar-refractivity contribution in [1.29, 1.82) is 0 Å². The van der Waals surface area contributed by atoms with Gasteiger partial charge >= 0.3 is 6.18 Å². The van der Waals surface area contributed by atoms with Gasteiger partial charge in [-0.1, -0.05) is 130 Å². The van der Waals surface area contributed by atoms with E-state index >= 15 is 0 Å². The van der Waals surface area contributed by atoms with E-state index in [0.717, 1.165) is 77.9 Å². The molecular weight excluding hydrogens is 829 g/mol. The van der Waals surface area contributed by atoms with Crippen LogP contribution in [0.1, 0.15) is 22.3 Å². The van der Waals surface area contributed by atoms with Crippen molar-refractivity contribution in [3.05, 3.63) is 191 Å². The molecule has 0 fully saturated rings. The van der Waals surface area contributed by atoms with E-state index in [-0.39, 0.29) is 5.82 Å². The fourth-order valence-electron chi connectivity index (χ4n) is 6.46. The Morgan fingerprint density at radius 1 is 0.667 bits per heavy atom. The summed E-state index contributed by atoms with van der Waals surface area (Å²) in [6, 6.07) is 44.6. The molecule has 0 amide bonds. The van der Waals surface area contributed by atoms with Gasteiger partial charge in [-0.3, -0.25) is 9.13 Å². The Hall–Kier alpha value is -5.36. The second-order valence-corrected chi connectivity index (χ2v) is 16.2. The molecule has 6 aromatic carbocycles. The van der Waals surface area contributed by atoms with Gasteiger partial charge in [-0.2, -0.15) is 13.2 Å². The molecule has 4 nitrogen and oxygen atoms in total. The maximum absolute atomic E-state index is 13.9. The van der Waals surface area contributed by atoms with Crippen LogP contribution in [0, 0.1) is 12.7 Å². The van der Waals surface area contributed by atoms with Crippen LogP contribution >= 0.6 is 39.5 Å². The van der Waals surface area contributed by atoms with Crippen molar-refractivity contribution in [2.24, 2.45) is 0 Å². The molecular formula is C46H33BrF4N4S2. The van der Waals surface area contributed by atoms with Crippen molar-refractivity contribution in [1.82, 2.24) is 19.1 Å². The molecule has 0 N–H and O–H groups in total. The van der Waals surface area contributed by atoms with E-state index in [4.69, 9.17) is 9.97 Å². The lowest BCUT2D eigenvalue weighted by atomic mass is 9.97. The normalized spacial score (nSPS) is 11.6. The number of nitrogens with zero attached hydrogens (tertiary/aromatic N) is 4. The largest absolute Gasteiger partial charge is 0.416 e. The second kappa shape index (κ2) is 16.6. The Morgan fingerprint density at radius 2 is 1.33 bits per heavy atom. The Labute approximate surface area is 344 Å². The summed E-state index contributed by atoms with van der Waals surface area (Å²) in [6.07, 6.45) is -0.555. The van der Waals surface area contributed by atoms with E-state index in [9.17, 15) is 17.6 Å². The van der Waals surface area contributed by atoms with Crippen molar-refractivity contribution in [2.45, 2.75) is 34.9 Å². The highest BCUT2D eigenvalue weighted by atomic mass is 79.9. The molecule has 2 aromatic heterocycles. The van der Waals surface area contributed by atoms with E-state index in [1.54, 1.807) is 23.9 Å². The third-order valence-electron chi connectivity index (χ3n) is 9.43. The first kappa shape index (κ1) is 38.5. The summed E-state index contributed by atoms with van der Waals surface area (Å²) >= 11 is 6.64. The van der Waals surface area contributed by atoms with Gasteiger partial charge in [0.25, 0.3) is 0 Å².